The molecule has 0 bridgehead atoms. The van der Waals surface area contributed by atoms with Gasteiger partial charge in [0.05, 0.1) is 0 Å². The first kappa shape index (κ1) is 17.4. The second-order valence-corrected chi connectivity index (χ2v) is 19.2. The molecule has 3 aromatic carbocycles. The molecule has 3 heteroatoms. The molecule has 0 aliphatic carbocycles. The molecule has 1 aliphatic heterocycles. The van der Waals surface area contributed by atoms with E-state index in [1.807, 2.05) is 0 Å². The Labute approximate surface area is 154 Å². The molecule has 1 saturated heterocycles. The molecule has 0 nitrogen and oxygen atoms in total. The van der Waals surface area contributed by atoms with Crippen molar-refractivity contribution in [1.82, 2.24) is 0 Å². The van der Waals surface area contributed by atoms with E-state index in [1.54, 1.807) is 15.9 Å². The van der Waals surface area contributed by atoms with Crippen LogP contribution in [-0.4, -0.2) is 12.3 Å². The first-order valence-corrected chi connectivity index (χ1v) is 15.5. The fourth-order valence-corrected chi connectivity index (χ4v) is 24.5. The number of rotatable bonds is 3. The Balaban J connectivity index is 2.12. The summed E-state index contributed by atoms with van der Waals surface area (Å²) >= 11 is 0. The van der Waals surface area contributed by atoms with Crippen LogP contribution in [-0.2, 0) is 0 Å². The Kier molecular flexibility index (Phi) is 5.06. The summed E-state index contributed by atoms with van der Waals surface area (Å²) in [6.07, 6.45) is 3.08. The third kappa shape index (κ3) is 2.80. The van der Waals surface area contributed by atoms with Crippen LogP contribution in [0.2, 0.25) is 0 Å². The van der Waals surface area contributed by atoms with Crippen LogP contribution >= 0.6 is 22.5 Å². The predicted octanol–water partition coefficient (Wildman–Crippen LogP) is 5.50. The van der Waals surface area contributed by atoms with Crippen molar-refractivity contribution in [3.63, 3.8) is 0 Å². The Morgan fingerprint density at radius 3 is 1.44 bits per heavy atom. The van der Waals surface area contributed by atoms with Crippen LogP contribution in [0.3, 0.4) is 0 Å². The zero-order valence-electron chi connectivity index (χ0n) is 14.4. The number of hydrogen-bond acceptors (Lipinski definition) is 0. The Morgan fingerprint density at radius 1 is 0.560 bits per heavy atom. The summed E-state index contributed by atoms with van der Waals surface area (Å²) in [7, 11) is 2.10. The third-order valence-electron chi connectivity index (χ3n) is 5.46. The van der Waals surface area contributed by atoms with Gasteiger partial charge in [0.25, 0.3) is 0 Å². The van der Waals surface area contributed by atoms with Crippen LogP contribution < -0.4 is 15.9 Å². The number of hydrogen-bond donors (Lipinski definition) is 0. The van der Waals surface area contributed by atoms with Gasteiger partial charge in [-0.05, 0) is 0 Å². The molecule has 1 aliphatic rings. The first-order chi connectivity index (χ1) is 12.4. The van der Waals surface area contributed by atoms with E-state index in [2.05, 4.69) is 91.0 Å². The van der Waals surface area contributed by atoms with Gasteiger partial charge in [0.2, 0.25) is 0 Å². The summed E-state index contributed by atoms with van der Waals surface area (Å²) in [5, 5.41) is 4.79. The van der Waals surface area contributed by atoms with E-state index >= 15 is 0 Å². The predicted molar refractivity (Wildman–Crippen MR) is 121 cm³/mol. The van der Waals surface area contributed by atoms with Crippen molar-refractivity contribution in [2.75, 3.05) is 12.3 Å². The van der Waals surface area contributed by atoms with Crippen molar-refractivity contribution in [3.05, 3.63) is 91.0 Å². The van der Waals surface area contributed by atoms with Crippen LogP contribution in [0.15, 0.2) is 91.0 Å². The van der Waals surface area contributed by atoms with Gasteiger partial charge in [0.15, 0.2) is 0 Å². The monoisotopic (exact) mass is 382 g/mol. The van der Waals surface area contributed by atoms with E-state index in [4.69, 9.17) is 0 Å². The quantitative estimate of drug-likeness (QED) is 0.525. The van der Waals surface area contributed by atoms with Gasteiger partial charge in [-0.15, -0.1) is 0 Å². The molecule has 0 spiro atoms. The van der Waals surface area contributed by atoms with E-state index in [0.29, 0.717) is 0 Å². The van der Waals surface area contributed by atoms with Crippen molar-refractivity contribution in [1.29, 1.82) is 0 Å². The minimum absolute atomic E-state index is 1.02. The van der Waals surface area contributed by atoms with E-state index in [-0.39, 0.29) is 0 Å². The van der Waals surface area contributed by atoms with E-state index in [9.17, 15) is 0 Å². The van der Waals surface area contributed by atoms with Crippen LogP contribution in [0.25, 0.3) is 0 Å². The van der Waals surface area contributed by atoms with Crippen molar-refractivity contribution in [2.24, 2.45) is 0 Å². The maximum absolute atomic E-state index is 2.42. The van der Waals surface area contributed by atoms with Gasteiger partial charge < -0.3 is 0 Å². The molecule has 0 amide bonds. The molecule has 1 fully saturated rings. The molecule has 4 rings (SSSR count). The molecule has 0 radical (unpaired) electrons. The Bertz CT molecular complexity index is 704. The zero-order chi connectivity index (χ0) is 17.0. The second-order valence-electron chi connectivity index (χ2n) is 6.78. The summed E-state index contributed by atoms with van der Waals surface area (Å²) in [4.78, 5) is 0. The van der Waals surface area contributed by atoms with Gasteiger partial charge in [-0.3, -0.25) is 0 Å². The van der Waals surface area contributed by atoms with Crippen molar-refractivity contribution >= 4 is 38.4 Å². The Morgan fingerprint density at radius 2 is 1.00 bits per heavy atom. The van der Waals surface area contributed by atoms with Gasteiger partial charge in [0.1, 0.15) is 0 Å². The fraction of sp³-hybridized carbons (Fsp3) is 0.182. The third-order valence-corrected chi connectivity index (χ3v) is 23.8. The van der Waals surface area contributed by atoms with Crippen LogP contribution in [0, 0.1) is 0 Å². The molecule has 2 atom stereocenters. The van der Waals surface area contributed by atoms with E-state index < -0.39 is 6.29 Å². The Hall–Kier alpha value is -1.05. The summed E-state index contributed by atoms with van der Waals surface area (Å²) in [5.41, 5.74) is 0. The molecule has 25 heavy (non-hydrogen) atoms. The fourth-order valence-electron chi connectivity index (χ4n) is 4.23. The summed E-state index contributed by atoms with van der Waals surface area (Å²) < 4.78 is 0. The average Bonchev–Trinajstić information content (AvgIpc) is 2.95. The summed E-state index contributed by atoms with van der Waals surface area (Å²) in [6.45, 7) is 0. The van der Waals surface area contributed by atoms with E-state index in [0.717, 1.165) is 16.2 Å². The number of benzene rings is 3. The molecule has 0 N–H and O–H groups in total. The standard InChI is InChI=1S/C22H25P3/c1-4-12-20(13-5-1)25(19-11-10-18-23-24-25,21-14-6-2-7-15-21)22-16-8-3-9-17-22/h1-9,12-17,23-24H,10-11,18-19H2. The molecule has 0 saturated carbocycles. The van der Waals surface area contributed by atoms with Crippen molar-refractivity contribution in [3.8, 4) is 0 Å². The molecular formula is C22H25P3. The second kappa shape index (κ2) is 7.29. The van der Waals surface area contributed by atoms with Crippen LogP contribution in [0.4, 0.5) is 0 Å². The molecule has 128 valence electrons. The van der Waals surface area contributed by atoms with Gasteiger partial charge in [-0.2, -0.15) is 0 Å². The molecule has 1 heterocycles. The molecule has 3 aromatic rings. The summed E-state index contributed by atoms with van der Waals surface area (Å²) in [5.74, 6) is 0. The van der Waals surface area contributed by atoms with Crippen LogP contribution in [0.1, 0.15) is 12.8 Å². The minimum atomic E-state index is -2.38. The van der Waals surface area contributed by atoms with Crippen LogP contribution in [0.5, 0.6) is 0 Å². The van der Waals surface area contributed by atoms with Crippen molar-refractivity contribution < 1.29 is 0 Å². The molecular weight excluding hydrogens is 357 g/mol. The molecule has 0 aromatic heterocycles. The zero-order valence-corrected chi connectivity index (χ0v) is 17.3. The first-order valence-electron chi connectivity index (χ1n) is 9.05. The summed E-state index contributed by atoms with van der Waals surface area (Å²) in [6, 6.07) is 34.5. The molecule has 2 unspecified atom stereocenters. The van der Waals surface area contributed by atoms with E-state index in [1.165, 1.54) is 25.2 Å². The maximum atomic E-state index is 2.42. The topological polar surface area (TPSA) is 0 Å². The van der Waals surface area contributed by atoms with Crippen molar-refractivity contribution in [2.45, 2.75) is 12.8 Å². The normalized spacial score (nSPS) is 22.6. The van der Waals surface area contributed by atoms with Gasteiger partial charge >= 0.3 is 155 Å². The van der Waals surface area contributed by atoms with Gasteiger partial charge in [0, 0.05) is 0 Å². The van der Waals surface area contributed by atoms with Gasteiger partial charge in [-0.1, -0.05) is 0 Å². The SMILES string of the molecule is c1ccc(P2(c3ccccc3)(c3ccccc3)CCCCPP2)cc1. The van der Waals surface area contributed by atoms with Gasteiger partial charge in [-0.25, -0.2) is 0 Å². The average molecular weight is 382 g/mol.